The van der Waals surface area contributed by atoms with Crippen molar-refractivity contribution in [3.8, 4) is 17.3 Å². The average molecular weight is 332 g/mol. The van der Waals surface area contributed by atoms with Crippen LogP contribution in [0.4, 0.5) is 0 Å². The normalized spacial score (nSPS) is 10.3. The van der Waals surface area contributed by atoms with Gasteiger partial charge in [0.2, 0.25) is 0 Å². The molecule has 6 heteroatoms. The number of halogens is 4. The molecule has 0 aliphatic rings. The fourth-order valence-electron chi connectivity index (χ4n) is 1.69. The maximum atomic E-state index is 8.86. The quantitative estimate of drug-likeness (QED) is 0.735. The molecule has 0 bridgehead atoms. The SMILES string of the molecule is N#CCc1cc(Cl)cnc1-c1c(Cl)cc(Cl)cc1Cl. The van der Waals surface area contributed by atoms with E-state index in [1.165, 1.54) is 6.20 Å². The van der Waals surface area contributed by atoms with Gasteiger partial charge in [-0.1, -0.05) is 46.4 Å². The van der Waals surface area contributed by atoms with Crippen LogP contribution in [-0.2, 0) is 6.42 Å². The van der Waals surface area contributed by atoms with E-state index in [-0.39, 0.29) is 6.42 Å². The van der Waals surface area contributed by atoms with Gasteiger partial charge in [0.15, 0.2) is 0 Å². The van der Waals surface area contributed by atoms with Gasteiger partial charge < -0.3 is 0 Å². The minimum atomic E-state index is 0.165. The molecule has 0 unspecified atom stereocenters. The molecule has 0 saturated carbocycles. The minimum Gasteiger partial charge on any atom is -0.254 e. The molecule has 1 aromatic heterocycles. The summed E-state index contributed by atoms with van der Waals surface area (Å²) >= 11 is 24.1. The molecular formula is C13H6Cl4N2. The monoisotopic (exact) mass is 330 g/mol. The minimum absolute atomic E-state index is 0.165. The van der Waals surface area contributed by atoms with Crippen molar-refractivity contribution >= 4 is 46.4 Å². The highest BCUT2D eigenvalue weighted by Gasteiger charge is 2.15. The lowest BCUT2D eigenvalue weighted by Crippen LogP contribution is -1.94. The Hall–Kier alpha value is -0.980. The molecule has 2 aromatic rings. The maximum Gasteiger partial charge on any atom is 0.0775 e. The molecule has 0 spiro atoms. The predicted molar refractivity (Wildman–Crippen MR) is 79.0 cm³/mol. The highest BCUT2D eigenvalue weighted by Crippen LogP contribution is 2.38. The zero-order valence-corrected chi connectivity index (χ0v) is 12.4. The Balaban J connectivity index is 2.69. The fraction of sp³-hybridized carbons (Fsp3) is 0.0769. The van der Waals surface area contributed by atoms with E-state index >= 15 is 0 Å². The van der Waals surface area contributed by atoms with Crippen molar-refractivity contribution in [1.82, 2.24) is 4.98 Å². The van der Waals surface area contributed by atoms with E-state index in [9.17, 15) is 0 Å². The van der Waals surface area contributed by atoms with Gasteiger partial charge >= 0.3 is 0 Å². The van der Waals surface area contributed by atoms with Crippen molar-refractivity contribution in [2.45, 2.75) is 6.42 Å². The van der Waals surface area contributed by atoms with Crippen LogP contribution in [0.1, 0.15) is 5.56 Å². The van der Waals surface area contributed by atoms with Crippen LogP contribution in [0.3, 0.4) is 0 Å². The van der Waals surface area contributed by atoms with E-state index in [2.05, 4.69) is 11.1 Å². The second kappa shape index (κ2) is 5.98. The first kappa shape index (κ1) is 14.4. The second-order valence-corrected chi connectivity index (χ2v) is 5.43. The van der Waals surface area contributed by atoms with Crippen molar-refractivity contribution in [2.24, 2.45) is 0 Å². The molecule has 2 rings (SSSR count). The molecule has 0 radical (unpaired) electrons. The van der Waals surface area contributed by atoms with Crippen LogP contribution in [0.2, 0.25) is 20.1 Å². The number of pyridine rings is 1. The van der Waals surface area contributed by atoms with Crippen molar-refractivity contribution in [3.05, 3.63) is 50.0 Å². The highest BCUT2D eigenvalue weighted by molar-refractivity contribution is 6.41. The third-order valence-electron chi connectivity index (χ3n) is 2.45. The van der Waals surface area contributed by atoms with Gasteiger partial charge in [-0.15, -0.1) is 0 Å². The standard InChI is InChI=1S/C13H6Cl4N2/c14-8-4-10(16)12(11(17)5-8)13-7(1-2-18)3-9(15)6-19-13/h3-6H,1H2. The van der Waals surface area contributed by atoms with Gasteiger partial charge in [-0.05, 0) is 23.8 Å². The van der Waals surface area contributed by atoms with Crippen LogP contribution >= 0.6 is 46.4 Å². The van der Waals surface area contributed by atoms with Gasteiger partial charge in [-0.25, -0.2) is 0 Å². The highest BCUT2D eigenvalue weighted by atomic mass is 35.5. The Kier molecular flexibility index (Phi) is 4.54. The molecule has 0 saturated heterocycles. The lowest BCUT2D eigenvalue weighted by Gasteiger charge is -2.11. The fourth-order valence-corrected chi connectivity index (χ4v) is 2.87. The third-order valence-corrected chi connectivity index (χ3v) is 3.47. The van der Waals surface area contributed by atoms with Crippen molar-refractivity contribution in [2.75, 3.05) is 0 Å². The molecule has 0 amide bonds. The molecular weight excluding hydrogens is 326 g/mol. The van der Waals surface area contributed by atoms with Crippen LogP contribution in [-0.4, -0.2) is 4.98 Å². The summed E-state index contributed by atoms with van der Waals surface area (Å²) in [4.78, 5) is 4.22. The van der Waals surface area contributed by atoms with E-state index in [1.54, 1.807) is 18.2 Å². The first-order valence-corrected chi connectivity index (χ1v) is 6.70. The molecule has 19 heavy (non-hydrogen) atoms. The zero-order valence-electron chi connectivity index (χ0n) is 9.42. The molecule has 0 aliphatic heterocycles. The van der Waals surface area contributed by atoms with Crippen molar-refractivity contribution in [3.63, 3.8) is 0 Å². The van der Waals surface area contributed by atoms with Crippen LogP contribution in [0.5, 0.6) is 0 Å². The topological polar surface area (TPSA) is 36.7 Å². The summed E-state index contributed by atoms with van der Waals surface area (Å²) in [5.41, 5.74) is 1.76. The Morgan fingerprint density at radius 2 is 1.63 bits per heavy atom. The molecule has 0 atom stereocenters. The van der Waals surface area contributed by atoms with E-state index in [4.69, 9.17) is 51.7 Å². The smallest absolute Gasteiger partial charge is 0.0775 e. The average Bonchev–Trinajstić information content (AvgIpc) is 2.31. The van der Waals surface area contributed by atoms with Crippen molar-refractivity contribution in [1.29, 1.82) is 5.26 Å². The predicted octanol–water partition coefficient (Wildman–Crippen LogP) is 5.43. The number of hydrogen-bond donors (Lipinski definition) is 0. The number of benzene rings is 1. The summed E-state index contributed by atoms with van der Waals surface area (Å²) in [7, 11) is 0. The summed E-state index contributed by atoms with van der Waals surface area (Å²) in [5.74, 6) is 0. The first-order valence-electron chi connectivity index (χ1n) is 5.19. The Morgan fingerprint density at radius 3 is 2.21 bits per heavy atom. The lowest BCUT2D eigenvalue weighted by molar-refractivity contribution is 1.20. The summed E-state index contributed by atoms with van der Waals surface area (Å²) in [6, 6.07) is 6.90. The van der Waals surface area contributed by atoms with Gasteiger partial charge in [0, 0.05) is 16.8 Å². The molecule has 0 aliphatic carbocycles. The van der Waals surface area contributed by atoms with Gasteiger partial charge in [-0.2, -0.15) is 5.26 Å². The Bertz CT molecular complexity index is 654. The number of nitriles is 1. The second-order valence-electron chi connectivity index (χ2n) is 3.74. The van der Waals surface area contributed by atoms with Crippen LogP contribution in [0, 0.1) is 11.3 Å². The van der Waals surface area contributed by atoms with Crippen LogP contribution in [0.15, 0.2) is 24.4 Å². The summed E-state index contributed by atoms with van der Waals surface area (Å²) in [6.07, 6.45) is 1.65. The van der Waals surface area contributed by atoms with Gasteiger partial charge in [-0.3, -0.25) is 4.98 Å². The maximum absolute atomic E-state index is 8.86. The summed E-state index contributed by atoms with van der Waals surface area (Å²) in [5, 5.41) is 10.5. The van der Waals surface area contributed by atoms with Crippen LogP contribution < -0.4 is 0 Å². The van der Waals surface area contributed by atoms with E-state index in [0.717, 1.165) is 0 Å². The van der Waals surface area contributed by atoms with Gasteiger partial charge in [0.1, 0.15) is 0 Å². The van der Waals surface area contributed by atoms with E-state index in [0.29, 0.717) is 36.9 Å². The Morgan fingerprint density at radius 1 is 1.00 bits per heavy atom. The van der Waals surface area contributed by atoms with Gasteiger partial charge in [0.05, 0.1) is 33.3 Å². The molecule has 0 N–H and O–H groups in total. The van der Waals surface area contributed by atoms with Gasteiger partial charge in [0.25, 0.3) is 0 Å². The Labute approximate surface area is 130 Å². The number of aromatic nitrogens is 1. The molecule has 2 nitrogen and oxygen atoms in total. The van der Waals surface area contributed by atoms with E-state index in [1.807, 2.05) is 0 Å². The van der Waals surface area contributed by atoms with Crippen LogP contribution in [0.25, 0.3) is 11.3 Å². The lowest BCUT2D eigenvalue weighted by atomic mass is 10.0. The first-order chi connectivity index (χ1) is 9.02. The molecule has 0 fully saturated rings. The number of hydrogen-bond acceptors (Lipinski definition) is 2. The van der Waals surface area contributed by atoms with Crippen molar-refractivity contribution < 1.29 is 0 Å². The number of rotatable bonds is 2. The largest absolute Gasteiger partial charge is 0.254 e. The van der Waals surface area contributed by atoms with E-state index < -0.39 is 0 Å². The molecule has 1 aromatic carbocycles. The zero-order chi connectivity index (χ0) is 14.0. The summed E-state index contributed by atoms with van der Waals surface area (Å²) in [6.45, 7) is 0. The molecule has 96 valence electrons. The molecule has 1 heterocycles. The third kappa shape index (κ3) is 3.13. The number of nitrogens with zero attached hydrogens (tertiary/aromatic N) is 2. The summed E-state index contributed by atoms with van der Waals surface area (Å²) < 4.78 is 0.